The Morgan fingerprint density at radius 2 is 2.33 bits per heavy atom. The van der Waals surface area contributed by atoms with Gasteiger partial charge in [0.2, 0.25) is 0 Å². The van der Waals surface area contributed by atoms with Crippen LogP contribution >= 0.6 is 17.0 Å². The van der Waals surface area contributed by atoms with Gasteiger partial charge in [-0.05, 0) is 0 Å². The average Bonchev–Trinajstić information content (AvgIpc) is 1.77. The van der Waals surface area contributed by atoms with Crippen molar-refractivity contribution in [3.05, 3.63) is 22.9 Å². The summed E-state index contributed by atoms with van der Waals surface area (Å²) in [7, 11) is 0. The number of H-pyrrole nitrogens is 1. The highest BCUT2D eigenvalue weighted by atomic mass is 79.9. The fraction of sp³-hybridized carbons (Fsp3) is 0. The molecule has 1 aromatic rings. The first-order chi connectivity index (χ1) is 3.79. The number of hydrogen-bond acceptors (Lipinski definition) is 3. The van der Waals surface area contributed by atoms with Crippen LogP contribution in [0.15, 0.2) is 17.2 Å². The molecular formula is C4H6BrN3O. The molecule has 50 valence electrons. The fourth-order valence-corrected chi connectivity index (χ4v) is 0.353. The topological polar surface area (TPSA) is 71.8 Å². The molecule has 0 aliphatic carbocycles. The highest BCUT2D eigenvalue weighted by Gasteiger charge is 1.80. The van der Waals surface area contributed by atoms with Gasteiger partial charge in [0.25, 0.3) is 0 Å². The van der Waals surface area contributed by atoms with Crippen molar-refractivity contribution in [1.82, 2.24) is 9.97 Å². The summed E-state index contributed by atoms with van der Waals surface area (Å²) >= 11 is 0. The normalized spacial score (nSPS) is 8.00. The fourth-order valence-electron chi connectivity index (χ4n) is 0.353. The molecule has 0 aliphatic heterocycles. The Morgan fingerprint density at radius 3 is 2.67 bits per heavy atom. The maximum Gasteiger partial charge on any atom is 0.345 e. The van der Waals surface area contributed by atoms with E-state index in [4.69, 9.17) is 5.73 Å². The van der Waals surface area contributed by atoms with E-state index in [1.165, 1.54) is 12.4 Å². The van der Waals surface area contributed by atoms with Gasteiger partial charge < -0.3 is 10.7 Å². The molecular weight excluding hydrogens is 186 g/mol. The molecule has 1 aromatic heterocycles. The molecule has 0 aromatic carbocycles. The second-order valence-corrected chi connectivity index (χ2v) is 1.35. The van der Waals surface area contributed by atoms with Crippen LogP contribution in [0.4, 0.5) is 5.69 Å². The van der Waals surface area contributed by atoms with Crippen LogP contribution in [0.5, 0.6) is 0 Å². The summed E-state index contributed by atoms with van der Waals surface area (Å²) in [6.07, 6.45) is 2.70. The number of anilines is 1. The first-order valence-corrected chi connectivity index (χ1v) is 2.09. The lowest BCUT2D eigenvalue weighted by Gasteiger charge is -1.83. The molecule has 1 rings (SSSR count). The lowest BCUT2D eigenvalue weighted by atomic mass is 10.6. The summed E-state index contributed by atoms with van der Waals surface area (Å²) in [4.78, 5) is 15.8. The molecule has 0 atom stereocenters. The van der Waals surface area contributed by atoms with E-state index in [-0.39, 0.29) is 22.7 Å². The quantitative estimate of drug-likeness (QED) is 0.604. The first kappa shape index (κ1) is 8.16. The first-order valence-electron chi connectivity index (χ1n) is 2.09. The maximum atomic E-state index is 10.2. The van der Waals surface area contributed by atoms with Crippen molar-refractivity contribution in [3.8, 4) is 0 Å². The highest BCUT2D eigenvalue weighted by molar-refractivity contribution is 8.93. The lowest BCUT2D eigenvalue weighted by Crippen LogP contribution is -2.08. The third-order valence-corrected chi connectivity index (χ3v) is 0.693. The van der Waals surface area contributed by atoms with E-state index in [1.54, 1.807) is 0 Å². The molecule has 5 heteroatoms. The number of aromatic nitrogens is 2. The van der Waals surface area contributed by atoms with Crippen LogP contribution in [0, 0.1) is 0 Å². The van der Waals surface area contributed by atoms with Crippen molar-refractivity contribution >= 4 is 22.7 Å². The Balaban J connectivity index is 0.000000640. The van der Waals surface area contributed by atoms with E-state index in [0.29, 0.717) is 5.69 Å². The van der Waals surface area contributed by atoms with E-state index in [0.717, 1.165) is 0 Å². The van der Waals surface area contributed by atoms with Crippen molar-refractivity contribution < 1.29 is 0 Å². The van der Waals surface area contributed by atoms with Crippen molar-refractivity contribution in [1.29, 1.82) is 0 Å². The van der Waals surface area contributed by atoms with Crippen LogP contribution in [-0.2, 0) is 0 Å². The molecule has 3 N–H and O–H groups in total. The van der Waals surface area contributed by atoms with E-state index < -0.39 is 0 Å². The largest absolute Gasteiger partial charge is 0.396 e. The summed E-state index contributed by atoms with van der Waals surface area (Å²) in [5.74, 6) is 0. The molecule has 0 saturated carbocycles. The number of hydrogen-bond donors (Lipinski definition) is 2. The van der Waals surface area contributed by atoms with Crippen LogP contribution in [-0.4, -0.2) is 9.97 Å². The summed E-state index contributed by atoms with van der Waals surface area (Å²) in [6.45, 7) is 0. The Bertz CT molecular complexity index is 213. The smallest absolute Gasteiger partial charge is 0.345 e. The van der Waals surface area contributed by atoms with Crippen molar-refractivity contribution in [3.63, 3.8) is 0 Å². The predicted molar refractivity (Wildman–Crippen MR) is 39.6 cm³/mol. The van der Waals surface area contributed by atoms with Gasteiger partial charge in [0.15, 0.2) is 0 Å². The third-order valence-electron chi connectivity index (χ3n) is 0.693. The zero-order valence-corrected chi connectivity index (χ0v) is 6.21. The second-order valence-electron chi connectivity index (χ2n) is 1.35. The predicted octanol–water partition coefficient (Wildman–Crippen LogP) is -0.0700. The molecule has 0 unspecified atom stereocenters. The molecule has 0 bridgehead atoms. The monoisotopic (exact) mass is 191 g/mol. The molecule has 4 nitrogen and oxygen atoms in total. The summed E-state index contributed by atoms with van der Waals surface area (Å²) in [6, 6.07) is 0. The number of nitrogens with one attached hydrogen (secondary N) is 1. The number of nitrogens with two attached hydrogens (primary N) is 1. The molecule has 1 heterocycles. The average molecular weight is 192 g/mol. The maximum absolute atomic E-state index is 10.2. The molecule has 9 heavy (non-hydrogen) atoms. The number of nitrogens with zero attached hydrogens (tertiary/aromatic N) is 1. The Kier molecular flexibility index (Phi) is 2.94. The zero-order valence-electron chi connectivity index (χ0n) is 4.50. The summed E-state index contributed by atoms with van der Waals surface area (Å²) < 4.78 is 0. The van der Waals surface area contributed by atoms with Gasteiger partial charge in [0.05, 0.1) is 11.9 Å². The van der Waals surface area contributed by atoms with Crippen LogP contribution in [0.2, 0.25) is 0 Å². The summed E-state index contributed by atoms with van der Waals surface area (Å²) in [5.41, 5.74) is 5.28. The molecule has 0 amide bonds. The number of rotatable bonds is 0. The van der Waals surface area contributed by atoms with Crippen LogP contribution in [0.3, 0.4) is 0 Å². The number of nitrogen functional groups attached to an aromatic ring is 1. The minimum Gasteiger partial charge on any atom is -0.396 e. The van der Waals surface area contributed by atoms with Crippen molar-refractivity contribution in [2.45, 2.75) is 0 Å². The van der Waals surface area contributed by atoms with Gasteiger partial charge in [-0.15, -0.1) is 17.0 Å². The van der Waals surface area contributed by atoms with Gasteiger partial charge in [-0.25, -0.2) is 4.79 Å². The summed E-state index contributed by atoms with van der Waals surface area (Å²) in [5, 5.41) is 0. The van der Waals surface area contributed by atoms with E-state index in [2.05, 4.69) is 9.97 Å². The van der Waals surface area contributed by atoms with Gasteiger partial charge >= 0.3 is 5.69 Å². The standard InChI is InChI=1S/C4H5N3O.BrH/c5-3-1-6-4(8)7-2-3;/h1-2H,5H2,(H,6,7,8);1H. The zero-order chi connectivity index (χ0) is 5.98. The van der Waals surface area contributed by atoms with Crippen molar-refractivity contribution in [2.24, 2.45) is 0 Å². The molecule has 0 fully saturated rings. The molecule has 0 radical (unpaired) electrons. The van der Waals surface area contributed by atoms with Gasteiger partial charge in [0.1, 0.15) is 0 Å². The minimum atomic E-state index is -0.376. The SMILES string of the molecule is Br.Nc1cnc(=O)[nH]c1. The molecule has 0 saturated heterocycles. The van der Waals surface area contributed by atoms with Crippen LogP contribution < -0.4 is 11.4 Å². The van der Waals surface area contributed by atoms with E-state index in [9.17, 15) is 4.79 Å². The van der Waals surface area contributed by atoms with Gasteiger partial charge in [-0.2, -0.15) is 4.98 Å². The van der Waals surface area contributed by atoms with Crippen LogP contribution in [0.1, 0.15) is 0 Å². The Labute approximate surface area is 61.9 Å². The minimum absolute atomic E-state index is 0. The van der Waals surface area contributed by atoms with E-state index >= 15 is 0 Å². The number of halogens is 1. The third kappa shape index (κ3) is 2.27. The highest BCUT2D eigenvalue weighted by Crippen LogP contribution is 1.85. The van der Waals surface area contributed by atoms with Gasteiger partial charge in [0, 0.05) is 6.20 Å². The Hall–Kier alpha value is -0.840. The van der Waals surface area contributed by atoms with E-state index in [1.807, 2.05) is 0 Å². The molecule has 0 aliphatic rings. The lowest BCUT2D eigenvalue weighted by molar-refractivity contribution is 1.08. The Morgan fingerprint density at radius 1 is 1.67 bits per heavy atom. The second kappa shape index (κ2) is 3.24. The number of aromatic amines is 1. The van der Waals surface area contributed by atoms with Crippen molar-refractivity contribution in [2.75, 3.05) is 5.73 Å². The van der Waals surface area contributed by atoms with Gasteiger partial charge in [-0.1, -0.05) is 0 Å². The molecule has 0 spiro atoms. The van der Waals surface area contributed by atoms with Crippen LogP contribution in [0.25, 0.3) is 0 Å². The van der Waals surface area contributed by atoms with Gasteiger partial charge in [-0.3, -0.25) is 0 Å².